The number of carbonyl (C=O) groups is 1. The Bertz CT molecular complexity index is 572. The largest absolute Gasteiger partial charge is 0.444 e. The fourth-order valence-electron chi connectivity index (χ4n) is 2.65. The van der Waals surface area contributed by atoms with Crippen LogP contribution in [0.2, 0.25) is 0 Å². The van der Waals surface area contributed by atoms with Crippen molar-refractivity contribution in [1.29, 1.82) is 5.26 Å². The van der Waals surface area contributed by atoms with Gasteiger partial charge in [-0.25, -0.2) is 9.78 Å². The summed E-state index contributed by atoms with van der Waals surface area (Å²) in [6.07, 6.45) is 3.52. The van der Waals surface area contributed by atoms with Crippen molar-refractivity contribution in [3.8, 4) is 6.07 Å². The predicted molar refractivity (Wildman–Crippen MR) is 88.1 cm³/mol. The number of nitriles is 1. The van der Waals surface area contributed by atoms with Gasteiger partial charge in [-0.2, -0.15) is 5.26 Å². The second-order valence-corrected chi connectivity index (χ2v) is 6.85. The molecule has 0 aromatic carbocycles. The Labute approximate surface area is 137 Å². The standard InChI is InChI=1S/C17H24N4O2/c1-17(2,3)23-16(22)20-10-13-5-4-8-21(12-13)15-7-6-14(9-18)19-11-15/h6-7,11,13H,4-5,8,10,12H2,1-3H3,(H,20,22)/t13-/m1/s1. The molecule has 1 amide bonds. The number of nitrogens with zero attached hydrogens (tertiary/aromatic N) is 3. The zero-order chi connectivity index (χ0) is 16.9. The molecule has 1 aliphatic heterocycles. The van der Waals surface area contributed by atoms with E-state index in [1.165, 1.54) is 0 Å². The summed E-state index contributed by atoms with van der Waals surface area (Å²) in [6, 6.07) is 5.69. The Morgan fingerprint density at radius 1 is 1.52 bits per heavy atom. The van der Waals surface area contributed by atoms with Crippen LogP contribution < -0.4 is 10.2 Å². The first-order chi connectivity index (χ1) is 10.9. The van der Waals surface area contributed by atoms with Crippen LogP contribution in [0.4, 0.5) is 10.5 Å². The summed E-state index contributed by atoms with van der Waals surface area (Å²) in [5.41, 5.74) is 0.969. The van der Waals surface area contributed by atoms with Gasteiger partial charge in [0, 0.05) is 19.6 Å². The summed E-state index contributed by atoms with van der Waals surface area (Å²) >= 11 is 0. The number of rotatable bonds is 3. The molecule has 1 saturated heterocycles. The minimum absolute atomic E-state index is 0.366. The topological polar surface area (TPSA) is 78.2 Å². The molecule has 124 valence electrons. The lowest BCUT2D eigenvalue weighted by Crippen LogP contribution is -2.42. The van der Waals surface area contributed by atoms with Crippen LogP contribution in [0.5, 0.6) is 0 Å². The van der Waals surface area contributed by atoms with Gasteiger partial charge in [-0.05, 0) is 51.7 Å². The molecule has 6 heteroatoms. The van der Waals surface area contributed by atoms with Crippen LogP contribution in [-0.2, 0) is 4.74 Å². The number of hydrogen-bond acceptors (Lipinski definition) is 5. The van der Waals surface area contributed by atoms with Crippen molar-refractivity contribution in [2.45, 2.75) is 39.2 Å². The molecule has 0 bridgehead atoms. The van der Waals surface area contributed by atoms with E-state index in [-0.39, 0.29) is 6.09 Å². The van der Waals surface area contributed by atoms with Crippen molar-refractivity contribution in [2.75, 3.05) is 24.5 Å². The lowest BCUT2D eigenvalue weighted by atomic mass is 9.97. The molecular weight excluding hydrogens is 292 g/mol. The SMILES string of the molecule is CC(C)(C)OC(=O)NC[C@H]1CCCN(c2ccc(C#N)nc2)C1. The lowest BCUT2D eigenvalue weighted by molar-refractivity contribution is 0.0517. The molecule has 2 heterocycles. The van der Waals surface area contributed by atoms with E-state index >= 15 is 0 Å². The zero-order valence-corrected chi connectivity index (χ0v) is 14.0. The molecule has 1 fully saturated rings. The fourth-order valence-corrected chi connectivity index (χ4v) is 2.65. The summed E-state index contributed by atoms with van der Waals surface area (Å²) in [5.74, 6) is 0.381. The number of alkyl carbamates (subject to hydrolysis) is 1. The van der Waals surface area contributed by atoms with Gasteiger partial charge in [0.1, 0.15) is 17.4 Å². The van der Waals surface area contributed by atoms with Crippen LogP contribution in [0.25, 0.3) is 0 Å². The highest BCUT2D eigenvalue weighted by Crippen LogP contribution is 2.22. The third kappa shape index (κ3) is 5.44. The van der Waals surface area contributed by atoms with Crippen LogP contribution >= 0.6 is 0 Å². The Morgan fingerprint density at radius 2 is 2.30 bits per heavy atom. The first kappa shape index (κ1) is 17.1. The molecule has 1 N–H and O–H groups in total. The molecule has 6 nitrogen and oxygen atoms in total. The molecular formula is C17H24N4O2. The first-order valence-electron chi connectivity index (χ1n) is 7.95. The number of aromatic nitrogens is 1. The third-order valence-corrected chi connectivity index (χ3v) is 3.68. The molecule has 0 spiro atoms. The molecule has 0 saturated carbocycles. The molecule has 1 aliphatic rings. The Hall–Kier alpha value is -2.29. The van der Waals surface area contributed by atoms with Crippen LogP contribution in [0.1, 0.15) is 39.3 Å². The monoisotopic (exact) mass is 316 g/mol. The number of pyridine rings is 1. The van der Waals surface area contributed by atoms with Gasteiger partial charge in [-0.1, -0.05) is 0 Å². The van der Waals surface area contributed by atoms with Crippen molar-refractivity contribution in [1.82, 2.24) is 10.3 Å². The summed E-state index contributed by atoms with van der Waals surface area (Å²) in [7, 11) is 0. The number of carbonyl (C=O) groups excluding carboxylic acids is 1. The maximum atomic E-state index is 11.7. The van der Waals surface area contributed by atoms with Crippen LogP contribution in [-0.4, -0.2) is 36.3 Å². The van der Waals surface area contributed by atoms with Crippen molar-refractivity contribution < 1.29 is 9.53 Å². The highest BCUT2D eigenvalue weighted by atomic mass is 16.6. The molecule has 0 radical (unpaired) electrons. The number of anilines is 1. The summed E-state index contributed by atoms with van der Waals surface area (Å²) in [4.78, 5) is 18.1. The van der Waals surface area contributed by atoms with E-state index in [0.29, 0.717) is 18.2 Å². The smallest absolute Gasteiger partial charge is 0.407 e. The molecule has 0 aliphatic carbocycles. The van der Waals surface area contributed by atoms with Crippen molar-refractivity contribution in [3.05, 3.63) is 24.0 Å². The number of piperidine rings is 1. The van der Waals surface area contributed by atoms with Gasteiger partial charge in [0.2, 0.25) is 0 Å². The predicted octanol–water partition coefficient (Wildman–Crippen LogP) is 2.69. The highest BCUT2D eigenvalue weighted by Gasteiger charge is 2.22. The highest BCUT2D eigenvalue weighted by molar-refractivity contribution is 5.67. The Morgan fingerprint density at radius 3 is 2.91 bits per heavy atom. The van der Waals surface area contributed by atoms with Gasteiger partial charge in [0.25, 0.3) is 0 Å². The normalized spacial score (nSPS) is 18.2. The molecule has 1 atom stereocenters. The van der Waals surface area contributed by atoms with Crippen LogP contribution in [0, 0.1) is 17.2 Å². The second kappa shape index (κ2) is 7.32. The van der Waals surface area contributed by atoms with E-state index in [2.05, 4.69) is 15.2 Å². The molecule has 0 unspecified atom stereocenters. The van der Waals surface area contributed by atoms with Crippen LogP contribution in [0.3, 0.4) is 0 Å². The maximum Gasteiger partial charge on any atom is 0.407 e. The van der Waals surface area contributed by atoms with Crippen molar-refractivity contribution in [2.24, 2.45) is 5.92 Å². The van der Waals surface area contributed by atoms with Gasteiger partial charge in [-0.15, -0.1) is 0 Å². The van der Waals surface area contributed by atoms with Gasteiger partial charge in [0.15, 0.2) is 0 Å². The molecule has 1 aromatic rings. The quantitative estimate of drug-likeness (QED) is 0.927. The Balaban J connectivity index is 1.85. The molecule has 1 aromatic heterocycles. The van der Waals surface area contributed by atoms with Crippen molar-refractivity contribution in [3.63, 3.8) is 0 Å². The summed E-state index contributed by atoms with van der Waals surface area (Å²) in [5, 5.41) is 11.7. The van der Waals surface area contributed by atoms with Crippen molar-refractivity contribution >= 4 is 11.8 Å². The maximum absolute atomic E-state index is 11.7. The summed E-state index contributed by atoms with van der Waals surface area (Å²) in [6.45, 7) is 8.00. The van der Waals surface area contributed by atoms with Gasteiger partial charge in [-0.3, -0.25) is 0 Å². The van der Waals surface area contributed by atoms with Gasteiger partial charge >= 0.3 is 6.09 Å². The Kier molecular flexibility index (Phi) is 5.43. The van der Waals surface area contributed by atoms with E-state index in [1.54, 1.807) is 12.3 Å². The van der Waals surface area contributed by atoms with E-state index in [4.69, 9.17) is 10.00 Å². The number of amides is 1. The minimum atomic E-state index is -0.475. The second-order valence-electron chi connectivity index (χ2n) is 6.85. The average molecular weight is 316 g/mol. The lowest BCUT2D eigenvalue weighted by Gasteiger charge is -2.34. The fraction of sp³-hybridized carbons (Fsp3) is 0.588. The number of hydrogen-bond donors (Lipinski definition) is 1. The van der Waals surface area contributed by atoms with Gasteiger partial charge in [0.05, 0.1) is 11.9 Å². The summed E-state index contributed by atoms with van der Waals surface area (Å²) < 4.78 is 5.26. The zero-order valence-electron chi connectivity index (χ0n) is 14.0. The van der Waals surface area contributed by atoms with E-state index in [0.717, 1.165) is 31.6 Å². The number of nitrogens with one attached hydrogen (secondary N) is 1. The first-order valence-corrected chi connectivity index (χ1v) is 7.95. The average Bonchev–Trinajstić information content (AvgIpc) is 2.52. The van der Waals surface area contributed by atoms with E-state index < -0.39 is 5.60 Å². The van der Waals surface area contributed by atoms with Crippen LogP contribution in [0.15, 0.2) is 18.3 Å². The molecule has 2 rings (SSSR count). The minimum Gasteiger partial charge on any atom is -0.444 e. The van der Waals surface area contributed by atoms with E-state index in [9.17, 15) is 4.79 Å². The van der Waals surface area contributed by atoms with E-state index in [1.807, 2.05) is 32.9 Å². The van der Waals surface area contributed by atoms with Gasteiger partial charge < -0.3 is 15.0 Å². The third-order valence-electron chi connectivity index (χ3n) is 3.68. The number of ether oxygens (including phenoxy) is 1. The molecule has 23 heavy (non-hydrogen) atoms.